The molecule has 7 nitrogen and oxygen atoms in total. The zero-order valence-electron chi connectivity index (χ0n) is 11.1. The molecule has 2 heterocycles. The standard InChI is InChI=1S/C12H15F2N5O2/c13-12(14)5-8(19-7-12)10(20)17-3-4-18-11(21)9-6-15-1-2-16-9/h1-2,6,8,19H,3-5,7H2,(H,17,20)(H,18,21). The minimum atomic E-state index is -2.85. The summed E-state index contributed by atoms with van der Waals surface area (Å²) in [7, 11) is 0. The summed E-state index contributed by atoms with van der Waals surface area (Å²) in [6.45, 7) is -0.173. The number of aromatic nitrogens is 2. The van der Waals surface area contributed by atoms with E-state index >= 15 is 0 Å². The number of carbonyl (C=O) groups is 2. The van der Waals surface area contributed by atoms with Crippen LogP contribution < -0.4 is 16.0 Å². The van der Waals surface area contributed by atoms with E-state index in [1.54, 1.807) is 0 Å². The molecule has 9 heteroatoms. The third-order valence-electron chi connectivity index (χ3n) is 2.93. The maximum atomic E-state index is 12.9. The van der Waals surface area contributed by atoms with E-state index in [4.69, 9.17) is 0 Å². The number of nitrogens with one attached hydrogen (secondary N) is 3. The third-order valence-corrected chi connectivity index (χ3v) is 2.93. The predicted molar refractivity (Wildman–Crippen MR) is 68.7 cm³/mol. The van der Waals surface area contributed by atoms with Crippen molar-refractivity contribution in [3.05, 3.63) is 24.3 Å². The van der Waals surface area contributed by atoms with Gasteiger partial charge in [0, 0.05) is 31.9 Å². The maximum absolute atomic E-state index is 12.9. The van der Waals surface area contributed by atoms with E-state index < -0.39 is 36.7 Å². The van der Waals surface area contributed by atoms with Gasteiger partial charge in [0.2, 0.25) is 5.91 Å². The number of hydrogen-bond donors (Lipinski definition) is 3. The second-order valence-electron chi connectivity index (χ2n) is 4.63. The van der Waals surface area contributed by atoms with Crippen LogP contribution in [0.25, 0.3) is 0 Å². The topological polar surface area (TPSA) is 96.0 Å². The second kappa shape index (κ2) is 6.53. The van der Waals surface area contributed by atoms with E-state index in [9.17, 15) is 18.4 Å². The first-order valence-corrected chi connectivity index (χ1v) is 6.41. The quantitative estimate of drug-likeness (QED) is 0.626. The van der Waals surface area contributed by atoms with Gasteiger partial charge in [-0.15, -0.1) is 0 Å². The van der Waals surface area contributed by atoms with Crippen LogP contribution in [-0.2, 0) is 4.79 Å². The molecule has 1 aromatic heterocycles. The lowest BCUT2D eigenvalue weighted by Crippen LogP contribution is -2.43. The largest absolute Gasteiger partial charge is 0.353 e. The van der Waals surface area contributed by atoms with E-state index in [0.29, 0.717) is 0 Å². The van der Waals surface area contributed by atoms with Crippen LogP contribution >= 0.6 is 0 Å². The minimum absolute atomic E-state index is 0.147. The maximum Gasteiger partial charge on any atom is 0.271 e. The van der Waals surface area contributed by atoms with Crippen molar-refractivity contribution in [3.8, 4) is 0 Å². The van der Waals surface area contributed by atoms with Gasteiger partial charge in [-0.05, 0) is 0 Å². The monoisotopic (exact) mass is 299 g/mol. The van der Waals surface area contributed by atoms with Crippen molar-refractivity contribution in [1.82, 2.24) is 25.9 Å². The molecule has 0 bridgehead atoms. The fourth-order valence-electron chi connectivity index (χ4n) is 1.89. The Bertz CT molecular complexity index is 512. The zero-order chi connectivity index (χ0) is 15.3. The van der Waals surface area contributed by atoms with E-state index in [0.717, 1.165) is 0 Å². The van der Waals surface area contributed by atoms with E-state index in [2.05, 4.69) is 25.9 Å². The lowest BCUT2D eigenvalue weighted by atomic mass is 10.2. The molecule has 0 radical (unpaired) electrons. The average Bonchev–Trinajstić information content (AvgIpc) is 2.84. The molecule has 0 aliphatic carbocycles. The van der Waals surface area contributed by atoms with Crippen LogP contribution in [-0.4, -0.2) is 53.4 Å². The summed E-state index contributed by atoms with van der Waals surface area (Å²) < 4.78 is 25.8. The molecule has 114 valence electrons. The van der Waals surface area contributed by atoms with Crippen LogP contribution in [0.15, 0.2) is 18.6 Å². The smallest absolute Gasteiger partial charge is 0.271 e. The van der Waals surface area contributed by atoms with Gasteiger partial charge in [0.15, 0.2) is 0 Å². The summed E-state index contributed by atoms with van der Waals surface area (Å²) in [4.78, 5) is 30.8. The molecule has 21 heavy (non-hydrogen) atoms. The molecule has 1 aliphatic heterocycles. The van der Waals surface area contributed by atoms with Crippen LogP contribution in [0.3, 0.4) is 0 Å². The lowest BCUT2D eigenvalue weighted by Gasteiger charge is -2.11. The van der Waals surface area contributed by atoms with E-state index in [-0.39, 0.29) is 18.8 Å². The number of carbonyl (C=O) groups excluding carboxylic acids is 2. The Labute approximate surface area is 119 Å². The zero-order valence-corrected chi connectivity index (χ0v) is 11.1. The van der Waals surface area contributed by atoms with Gasteiger partial charge in [-0.1, -0.05) is 0 Å². The highest BCUT2D eigenvalue weighted by Gasteiger charge is 2.42. The Balaban J connectivity index is 1.66. The van der Waals surface area contributed by atoms with Crippen molar-refractivity contribution in [2.75, 3.05) is 19.6 Å². The Morgan fingerprint density at radius 3 is 2.71 bits per heavy atom. The van der Waals surface area contributed by atoms with Crippen molar-refractivity contribution < 1.29 is 18.4 Å². The van der Waals surface area contributed by atoms with Gasteiger partial charge in [0.25, 0.3) is 11.8 Å². The van der Waals surface area contributed by atoms with Crippen molar-refractivity contribution in [2.24, 2.45) is 0 Å². The highest BCUT2D eigenvalue weighted by Crippen LogP contribution is 2.24. The summed E-state index contributed by atoms with van der Waals surface area (Å²) in [5.41, 5.74) is 0.168. The normalized spacial score (nSPS) is 20.0. The highest BCUT2D eigenvalue weighted by atomic mass is 19.3. The van der Waals surface area contributed by atoms with Gasteiger partial charge in [-0.3, -0.25) is 19.9 Å². The Kier molecular flexibility index (Phi) is 4.73. The fourth-order valence-corrected chi connectivity index (χ4v) is 1.89. The van der Waals surface area contributed by atoms with Crippen LogP contribution in [0.1, 0.15) is 16.9 Å². The molecule has 1 aliphatic rings. The SMILES string of the molecule is O=C(NCCNC(=O)C1CC(F)(F)CN1)c1cnccn1. The molecule has 0 aromatic carbocycles. The van der Waals surface area contributed by atoms with Crippen LogP contribution in [0.2, 0.25) is 0 Å². The van der Waals surface area contributed by atoms with Gasteiger partial charge in [-0.25, -0.2) is 13.8 Å². The number of nitrogens with zero attached hydrogens (tertiary/aromatic N) is 2. The lowest BCUT2D eigenvalue weighted by molar-refractivity contribution is -0.123. The van der Waals surface area contributed by atoms with Crippen molar-refractivity contribution in [3.63, 3.8) is 0 Å². The van der Waals surface area contributed by atoms with Gasteiger partial charge in [0.1, 0.15) is 5.69 Å². The first kappa shape index (κ1) is 15.2. The number of halogens is 2. The second-order valence-corrected chi connectivity index (χ2v) is 4.63. The predicted octanol–water partition coefficient (Wildman–Crippen LogP) is -0.680. The van der Waals surface area contributed by atoms with Crippen molar-refractivity contribution in [2.45, 2.75) is 18.4 Å². The number of alkyl halides is 2. The van der Waals surface area contributed by atoms with Gasteiger partial charge < -0.3 is 10.6 Å². The Hall–Kier alpha value is -2.16. The summed E-state index contributed by atoms with van der Waals surface area (Å²) in [5.74, 6) is -3.76. The average molecular weight is 299 g/mol. The van der Waals surface area contributed by atoms with E-state index in [1.165, 1.54) is 18.6 Å². The molecule has 2 amide bonds. The van der Waals surface area contributed by atoms with E-state index in [1.807, 2.05) is 0 Å². The van der Waals surface area contributed by atoms with Crippen LogP contribution in [0.5, 0.6) is 0 Å². The molecule has 3 N–H and O–H groups in total. The minimum Gasteiger partial charge on any atom is -0.353 e. The highest BCUT2D eigenvalue weighted by molar-refractivity contribution is 5.91. The molecular weight excluding hydrogens is 284 g/mol. The van der Waals surface area contributed by atoms with Gasteiger partial charge >= 0.3 is 0 Å². The van der Waals surface area contributed by atoms with Crippen molar-refractivity contribution in [1.29, 1.82) is 0 Å². The van der Waals surface area contributed by atoms with Crippen molar-refractivity contribution >= 4 is 11.8 Å². The molecule has 1 atom stereocenters. The van der Waals surface area contributed by atoms with Gasteiger partial charge in [-0.2, -0.15) is 0 Å². The summed E-state index contributed by atoms with van der Waals surface area (Å²) in [6.07, 6.45) is 3.65. The first-order chi connectivity index (χ1) is 9.98. The molecule has 1 fully saturated rings. The molecular formula is C12H15F2N5O2. The summed E-state index contributed by atoms with van der Waals surface area (Å²) in [5, 5.41) is 7.47. The van der Waals surface area contributed by atoms with Crippen LogP contribution in [0.4, 0.5) is 8.78 Å². The number of rotatable bonds is 5. The fraction of sp³-hybridized carbons (Fsp3) is 0.500. The number of hydrogen-bond acceptors (Lipinski definition) is 5. The molecule has 1 unspecified atom stereocenters. The summed E-state index contributed by atoms with van der Waals surface area (Å²) >= 11 is 0. The molecule has 1 saturated heterocycles. The Morgan fingerprint density at radius 1 is 1.33 bits per heavy atom. The Morgan fingerprint density at radius 2 is 2.10 bits per heavy atom. The third kappa shape index (κ3) is 4.42. The number of amides is 2. The van der Waals surface area contributed by atoms with Crippen LogP contribution in [0, 0.1) is 0 Å². The molecule has 0 saturated carbocycles. The molecule has 0 spiro atoms. The first-order valence-electron chi connectivity index (χ1n) is 6.41. The molecule has 1 aromatic rings. The van der Waals surface area contributed by atoms with Gasteiger partial charge in [0.05, 0.1) is 18.8 Å². The summed E-state index contributed by atoms with van der Waals surface area (Å²) in [6, 6.07) is -0.893. The molecule has 2 rings (SSSR count).